The van der Waals surface area contributed by atoms with Crippen molar-refractivity contribution in [2.45, 2.75) is 39.8 Å². The topological polar surface area (TPSA) is 0 Å². The van der Waals surface area contributed by atoms with E-state index in [0.717, 1.165) is 0 Å². The average Bonchev–Trinajstić information content (AvgIpc) is 3.52. The van der Waals surface area contributed by atoms with Gasteiger partial charge in [0.1, 0.15) is 0 Å². The quantitative estimate of drug-likeness (QED) is 0.144. The molecule has 0 N–H and O–H groups in total. The Bertz CT molecular complexity index is 2310. The first kappa shape index (κ1) is 33.5. The van der Waals surface area contributed by atoms with Gasteiger partial charge < -0.3 is 24.8 Å². The van der Waals surface area contributed by atoms with Crippen molar-refractivity contribution in [2.75, 3.05) is 0 Å². The Morgan fingerprint density at radius 1 is 0.644 bits per heavy atom. The fraction of sp³-hybridized carbons (Fsp3) is 0.146. The number of allylic oxidation sites excluding steroid dienone is 1. The molecule has 1 atom stereocenters. The Morgan fingerprint density at radius 2 is 1.36 bits per heavy atom. The maximum Gasteiger partial charge on any atom is 3.00 e. The molecule has 0 aromatic heterocycles. The summed E-state index contributed by atoms with van der Waals surface area (Å²) < 4.78 is 0. The minimum Gasteiger partial charge on any atom is -1.00 e. The standard InChI is InChI=1S/C41H33Si.2ClH.Zr/c1-24-17-18-30-28(19-24)22-38-37(30)23-39(42(4)5)26(3)41(38)40-25(2)20-35-33(15-10-16-34(35)40)36-21-27-11-6-7-12-29(27)31-13-8-9-14-32(31)36;;;/h6-21,23,40H,1-5H3;2*1H;/q-1;;;+3/p-2. The Morgan fingerprint density at radius 3 is 2.11 bits per heavy atom. The zero-order chi connectivity index (χ0) is 28.7. The van der Waals surface area contributed by atoms with Gasteiger partial charge in [-0.05, 0) is 70.6 Å². The van der Waals surface area contributed by atoms with E-state index in [1.165, 1.54) is 88.0 Å². The van der Waals surface area contributed by atoms with E-state index in [0.29, 0.717) is 0 Å². The second kappa shape index (κ2) is 12.7. The second-order valence-corrected chi connectivity index (χ2v) is 14.9. The molecule has 6 aromatic carbocycles. The summed E-state index contributed by atoms with van der Waals surface area (Å²) in [5.41, 5.74) is 15.0. The third-order valence-electron chi connectivity index (χ3n) is 9.52. The number of rotatable bonds is 2. The molecular weight excluding hydrogens is 683 g/mol. The van der Waals surface area contributed by atoms with Crippen LogP contribution < -0.4 is 30.0 Å². The SMILES string of the molecule is CC1=Cc2c(-c3cc4ccccc4c4ccccc34)cccc2C1c1c(C)c(=[Si](C)C)cc2c1=[C-]c1cc(C)ccc1-2.[Cl-].[Cl-].[Zr+3]. The van der Waals surface area contributed by atoms with Crippen LogP contribution in [0.25, 0.3) is 56.0 Å². The normalized spacial score (nSPS) is 13.9. The van der Waals surface area contributed by atoms with Crippen LogP contribution in [-0.4, -0.2) is 8.41 Å². The Balaban J connectivity index is 0.00000133. The van der Waals surface area contributed by atoms with Gasteiger partial charge >= 0.3 is 26.2 Å². The van der Waals surface area contributed by atoms with Gasteiger partial charge in [0, 0.05) is 14.3 Å². The second-order valence-electron chi connectivity index (χ2n) is 12.4. The van der Waals surface area contributed by atoms with E-state index < -0.39 is 8.41 Å². The molecule has 0 spiro atoms. The molecular formula is C41H33Cl2SiZr. The molecule has 4 heteroatoms. The summed E-state index contributed by atoms with van der Waals surface area (Å²) in [6, 6.07) is 36.4. The summed E-state index contributed by atoms with van der Waals surface area (Å²) >= 11 is 0. The molecule has 2 aliphatic rings. The van der Waals surface area contributed by atoms with Crippen molar-refractivity contribution < 1.29 is 51.0 Å². The van der Waals surface area contributed by atoms with E-state index in [1.807, 2.05) is 0 Å². The third-order valence-corrected chi connectivity index (χ3v) is 11.1. The predicted octanol–water partition coefficient (Wildman–Crippen LogP) is 4.10. The first-order valence-corrected chi connectivity index (χ1v) is 17.5. The van der Waals surface area contributed by atoms with Gasteiger partial charge in [-0.2, -0.15) is 0 Å². The van der Waals surface area contributed by atoms with Crippen molar-refractivity contribution in [1.29, 1.82) is 0 Å². The van der Waals surface area contributed by atoms with E-state index in [-0.39, 0.29) is 56.9 Å². The predicted molar refractivity (Wildman–Crippen MR) is 182 cm³/mol. The van der Waals surface area contributed by atoms with E-state index in [1.54, 1.807) is 4.81 Å². The van der Waals surface area contributed by atoms with Crippen LogP contribution in [0.3, 0.4) is 0 Å². The Hall–Kier alpha value is -2.87. The summed E-state index contributed by atoms with van der Waals surface area (Å²) in [6.07, 6.45) is 6.36. The first-order chi connectivity index (χ1) is 20.4. The Labute approximate surface area is 299 Å². The summed E-state index contributed by atoms with van der Waals surface area (Å²) in [5, 5.41) is 6.53. The molecule has 0 saturated carbocycles. The van der Waals surface area contributed by atoms with Crippen molar-refractivity contribution >= 4 is 42.1 Å². The van der Waals surface area contributed by atoms with Crippen LogP contribution >= 0.6 is 0 Å². The van der Waals surface area contributed by atoms with Gasteiger partial charge in [0.15, 0.2) is 0 Å². The third kappa shape index (κ3) is 5.19. The molecule has 0 aliphatic heterocycles. The molecule has 219 valence electrons. The fourth-order valence-electron chi connectivity index (χ4n) is 7.61. The van der Waals surface area contributed by atoms with Crippen LogP contribution in [0.15, 0.2) is 103 Å². The maximum absolute atomic E-state index is 3.90. The zero-order valence-corrected chi connectivity index (χ0v) is 31.1. The van der Waals surface area contributed by atoms with Gasteiger partial charge in [0.05, 0.1) is 0 Å². The molecule has 0 fully saturated rings. The van der Waals surface area contributed by atoms with Crippen molar-refractivity contribution in [3.63, 3.8) is 0 Å². The molecule has 0 nitrogen and oxygen atoms in total. The molecule has 1 radical (unpaired) electrons. The molecule has 0 amide bonds. The monoisotopic (exact) mass is 713 g/mol. The molecule has 0 bridgehead atoms. The number of fused-ring (bicyclic) bond motifs is 7. The summed E-state index contributed by atoms with van der Waals surface area (Å²) in [5.74, 6) is 0.227. The van der Waals surface area contributed by atoms with Gasteiger partial charge in [0.25, 0.3) is 0 Å². The van der Waals surface area contributed by atoms with Crippen LogP contribution in [0.4, 0.5) is 0 Å². The van der Waals surface area contributed by atoms with Crippen molar-refractivity contribution in [2.24, 2.45) is 0 Å². The Kier molecular flexibility index (Phi) is 9.48. The van der Waals surface area contributed by atoms with Crippen LogP contribution in [0.5, 0.6) is 0 Å². The van der Waals surface area contributed by atoms with Crippen molar-refractivity contribution in [1.82, 2.24) is 0 Å². The van der Waals surface area contributed by atoms with Crippen LogP contribution in [0.1, 0.15) is 46.2 Å². The molecule has 1 unspecified atom stereocenters. The zero-order valence-electron chi connectivity index (χ0n) is 26.1. The minimum absolute atomic E-state index is 0. The first-order valence-electron chi connectivity index (χ1n) is 15.0. The van der Waals surface area contributed by atoms with Gasteiger partial charge in [-0.15, -0.1) is 34.1 Å². The van der Waals surface area contributed by atoms with Gasteiger partial charge in [0.2, 0.25) is 0 Å². The van der Waals surface area contributed by atoms with E-state index in [2.05, 4.69) is 143 Å². The van der Waals surface area contributed by atoms with E-state index >= 15 is 0 Å². The smallest absolute Gasteiger partial charge is 1.00 e. The van der Waals surface area contributed by atoms with Crippen molar-refractivity contribution in [3.05, 3.63) is 146 Å². The van der Waals surface area contributed by atoms with Crippen LogP contribution in [0.2, 0.25) is 13.1 Å². The van der Waals surface area contributed by atoms with E-state index in [9.17, 15) is 0 Å². The molecule has 0 saturated heterocycles. The minimum atomic E-state index is -0.660. The van der Waals surface area contributed by atoms with Gasteiger partial charge in [-0.1, -0.05) is 131 Å². The number of aryl methyl sites for hydroxylation is 1. The molecule has 2 aliphatic carbocycles. The maximum atomic E-state index is 3.90. The number of halogens is 2. The number of hydrogen-bond donors (Lipinski definition) is 0. The molecule has 8 rings (SSSR count). The fourth-order valence-corrected chi connectivity index (χ4v) is 8.93. The van der Waals surface area contributed by atoms with Crippen LogP contribution in [0, 0.1) is 18.7 Å². The van der Waals surface area contributed by atoms with E-state index in [4.69, 9.17) is 0 Å². The number of benzene rings is 6. The summed E-state index contributed by atoms with van der Waals surface area (Å²) in [6.45, 7) is 11.7. The van der Waals surface area contributed by atoms with Crippen LogP contribution in [-0.2, 0) is 26.2 Å². The molecule has 6 aromatic rings. The van der Waals surface area contributed by atoms with Gasteiger partial charge in [-0.25, -0.2) is 0 Å². The average molecular weight is 716 g/mol. The largest absolute Gasteiger partial charge is 3.00 e. The summed E-state index contributed by atoms with van der Waals surface area (Å²) in [4.78, 5) is 1.54. The summed E-state index contributed by atoms with van der Waals surface area (Å²) in [7, 11) is -0.660. The molecule has 45 heavy (non-hydrogen) atoms. The molecule has 0 heterocycles. The number of hydrogen-bond acceptors (Lipinski definition) is 0. The van der Waals surface area contributed by atoms with Crippen molar-refractivity contribution in [3.8, 4) is 22.3 Å². The van der Waals surface area contributed by atoms with Gasteiger partial charge in [-0.3, -0.25) is 0 Å².